The molecular weight excluding hydrogens is 352 g/mol. The fourth-order valence-electron chi connectivity index (χ4n) is 3.06. The number of aryl methyl sites for hydroxylation is 2. The Balaban J connectivity index is 1.90. The van der Waals surface area contributed by atoms with E-state index in [0.29, 0.717) is 11.4 Å². The molecule has 138 valence electrons. The third-order valence-corrected chi connectivity index (χ3v) is 5.56. The predicted molar refractivity (Wildman–Crippen MR) is 102 cm³/mol. The molecule has 0 bridgehead atoms. The van der Waals surface area contributed by atoms with Crippen LogP contribution in [0.1, 0.15) is 18.1 Å². The molecule has 0 unspecified atom stereocenters. The monoisotopic (exact) mass is 374 g/mol. The fourth-order valence-corrected chi connectivity index (χ4v) is 3.97. The van der Waals surface area contributed by atoms with Gasteiger partial charge in [-0.3, -0.25) is 9.10 Å². The first kappa shape index (κ1) is 18.3. The molecule has 0 aromatic heterocycles. The second-order valence-electron chi connectivity index (χ2n) is 6.32. The van der Waals surface area contributed by atoms with Crippen LogP contribution in [0.25, 0.3) is 0 Å². The highest BCUT2D eigenvalue weighted by Gasteiger charge is 2.35. The van der Waals surface area contributed by atoms with Gasteiger partial charge in [-0.1, -0.05) is 37.3 Å². The van der Waals surface area contributed by atoms with Crippen molar-refractivity contribution in [3.63, 3.8) is 0 Å². The molecule has 1 N–H and O–H groups in total. The third kappa shape index (κ3) is 3.53. The number of para-hydroxylation sites is 3. The summed E-state index contributed by atoms with van der Waals surface area (Å²) in [5.41, 5.74) is 3.18. The van der Waals surface area contributed by atoms with E-state index in [1.165, 1.54) is 4.31 Å². The quantitative estimate of drug-likeness (QED) is 0.893. The lowest BCUT2D eigenvalue weighted by molar-refractivity contribution is -0.122. The summed E-state index contributed by atoms with van der Waals surface area (Å²) in [6, 6.07) is 12.6. The highest BCUT2D eigenvalue weighted by atomic mass is 32.2. The van der Waals surface area contributed by atoms with Gasteiger partial charge in [-0.05, 0) is 36.6 Å². The molecule has 0 saturated heterocycles. The molecule has 2 aromatic rings. The Kier molecular flexibility index (Phi) is 4.91. The zero-order valence-electron chi connectivity index (χ0n) is 15.0. The van der Waals surface area contributed by atoms with Crippen LogP contribution in [-0.4, -0.2) is 33.2 Å². The van der Waals surface area contributed by atoms with Gasteiger partial charge in [-0.25, -0.2) is 8.42 Å². The molecule has 0 saturated carbocycles. The molecule has 7 heteroatoms. The van der Waals surface area contributed by atoms with E-state index in [1.807, 2.05) is 32.0 Å². The summed E-state index contributed by atoms with van der Waals surface area (Å²) in [5.74, 6) is 0.0157. The minimum Gasteiger partial charge on any atom is -0.476 e. The molecule has 1 aliphatic heterocycles. The largest absolute Gasteiger partial charge is 0.476 e. The lowest BCUT2D eigenvalue weighted by Crippen LogP contribution is -2.48. The number of hydrogen-bond acceptors (Lipinski definition) is 4. The first-order valence-corrected chi connectivity index (χ1v) is 10.3. The summed E-state index contributed by atoms with van der Waals surface area (Å²) in [6.07, 6.45) is 0.978. The molecule has 3 rings (SSSR count). The molecule has 2 aromatic carbocycles. The van der Waals surface area contributed by atoms with Crippen molar-refractivity contribution in [2.75, 3.05) is 22.4 Å². The predicted octanol–water partition coefficient (Wildman–Crippen LogP) is 2.72. The van der Waals surface area contributed by atoms with Crippen LogP contribution in [0.3, 0.4) is 0 Å². The molecular formula is C19H22N2O4S. The Hall–Kier alpha value is -2.54. The lowest BCUT2D eigenvalue weighted by Gasteiger charge is -2.34. The topological polar surface area (TPSA) is 75.7 Å². The number of rotatable bonds is 4. The molecule has 0 fully saturated rings. The van der Waals surface area contributed by atoms with Crippen LogP contribution >= 0.6 is 0 Å². The van der Waals surface area contributed by atoms with E-state index >= 15 is 0 Å². The number of amides is 1. The van der Waals surface area contributed by atoms with Gasteiger partial charge in [0.15, 0.2) is 6.10 Å². The number of carbonyl (C=O) groups excluding carboxylic acids is 1. The zero-order chi connectivity index (χ0) is 18.9. The number of benzene rings is 2. The molecule has 26 heavy (non-hydrogen) atoms. The molecule has 0 radical (unpaired) electrons. The Labute approximate surface area is 153 Å². The normalized spacial score (nSPS) is 16.6. The van der Waals surface area contributed by atoms with Gasteiger partial charge in [0.2, 0.25) is 10.0 Å². The Morgan fingerprint density at radius 2 is 1.96 bits per heavy atom. The molecule has 1 atom stereocenters. The number of nitrogens with one attached hydrogen (secondary N) is 1. The minimum atomic E-state index is -3.53. The van der Waals surface area contributed by atoms with Crippen molar-refractivity contribution in [3.05, 3.63) is 53.6 Å². The number of fused-ring (bicyclic) bond motifs is 1. The molecule has 0 spiro atoms. The zero-order valence-corrected chi connectivity index (χ0v) is 15.8. The average molecular weight is 374 g/mol. The van der Waals surface area contributed by atoms with Crippen LogP contribution in [0.4, 0.5) is 11.4 Å². The number of nitrogens with zero attached hydrogens (tertiary/aromatic N) is 1. The number of sulfonamides is 1. The Bertz CT molecular complexity index is 940. The van der Waals surface area contributed by atoms with Crippen LogP contribution in [0.2, 0.25) is 0 Å². The van der Waals surface area contributed by atoms with Crippen LogP contribution < -0.4 is 14.4 Å². The first-order chi connectivity index (χ1) is 12.3. The fraction of sp³-hybridized carbons (Fsp3) is 0.316. The summed E-state index contributed by atoms with van der Waals surface area (Å²) in [5, 5.41) is 2.92. The maximum Gasteiger partial charge on any atom is 0.267 e. The van der Waals surface area contributed by atoms with Gasteiger partial charge < -0.3 is 10.1 Å². The minimum absolute atomic E-state index is 0.0605. The highest BCUT2D eigenvalue weighted by Crippen LogP contribution is 2.35. The molecule has 6 nitrogen and oxygen atoms in total. The van der Waals surface area contributed by atoms with Crippen molar-refractivity contribution in [1.82, 2.24) is 0 Å². The Morgan fingerprint density at radius 3 is 2.65 bits per heavy atom. The van der Waals surface area contributed by atoms with E-state index in [2.05, 4.69) is 5.32 Å². The van der Waals surface area contributed by atoms with E-state index in [1.54, 1.807) is 24.3 Å². The average Bonchev–Trinajstić information content (AvgIpc) is 2.61. The van der Waals surface area contributed by atoms with Crippen molar-refractivity contribution in [1.29, 1.82) is 0 Å². The summed E-state index contributed by atoms with van der Waals surface area (Å²) >= 11 is 0. The van der Waals surface area contributed by atoms with Crippen LogP contribution in [0, 0.1) is 6.92 Å². The van der Waals surface area contributed by atoms with E-state index in [4.69, 9.17) is 4.74 Å². The smallest absolute Gasteiger partial charge is 0.267 e. The SMILES string of the molecule is CCc1cccc(C)c1NC(=O)[C@@H]1CN(S(C)(=O)=O)c2ccccc2O1. The van der Waals surface area contributed by atoms with Gasteiger partial charge in [0.25, 0.3) is 5.91 Å². The van der Waals surface area contributed by atoms with Crippen molar-refractivity contribution in [3.8, 4) is 5.75 Å². The van der Waals surface area contributed by atoms with Crippen LogP contribution in [0.5, 0.6) is 5.75 Å². The second kappa shape index (κ2) is 6.99. The summed E-state index contributed by atoms with van der Waals surface area (Å²) in [7, 11) is -3.53. The lowest BCUT2D eigenvalue weighted by atomic mass is 10.1. The first-order valence-electron chi connectivity index (χ1n) is 8.44. The Morgan fingerprint density at radius 1 is 1.23 bits per heavy atom. The number of anilines is 2. The van der Waals surface area contributed by atoms with Crippen LogP contribution in [0.15, 0.2) is 42.5 Å². The van der Waals surface area contributed by atoms with Crippen LogP contribution in [-0.2, 0) is 21.2 Å². The third-order valence-electron chi connectivity index (χ3n) is 4.42. The number of ether oxygens (including phenoxy) is 1. The van der Waals surface area contributed by atoms with Crippen molar-refractivity contribution in [2.24, 2.45) is 0 Å². The summed E-state index contributed by atoms with van der Waals surface area (Å²) in [6.45, 7) is 3.88. The van der Waals surface area contributed by atoms with Gasteiger partial charge in [-0.15, -0.1) is 0 Å². The van der Waals surface area contributed by atoms with Crippen molar-refractivity contribution < 1.29 is 17.9 Å². The second-order valence-corrected chi connectivity index (χ2v) is 8.23. The van der Waals surface area contributed by atoms with E-state index in [-0.39, 0.29) is 12.5 Å². The van der Waals surface area contributed by atoms with Gasteiger partial charge in [0.1, 0.15) is 5.75 Å². The van der Waals surface area contributed by atoms with Crippen molar-refractivity contribution in [2.45, 2.75) is 26.4 Å². The molecule has 1 heterocycles. The number of hydrogen-bond donors (Lipinski definition) is 1. The van der Waals surface area contributed by atoms with E-state index < -0.39 is 16.1 Å². The summed E-state index contributed by atoms with van der Waals surface area (Å²) in [4.78, 5) is 12.8. The number of carbonyl (C=O) groups is 1. The van der Waals surface area contributed by atoms with Gasteiger partial charge in [0.05, 0.1) is 18.5 Å². The van der Waals surface area contributed by atoms with Gasteiger partial charge >= 0.3 is 0 Å². The van der Waals surface area contributed by atoms with Gasteiger partial charge in [-0.2, -0.15) is 0 Å². The van der Waals surface area contributed by atoms with Crippen molar-refractivity contribution >= 4 is 27.3 Å². The summed E-state index contributed by atoms with van der Waals surface area (Å²) < 4.78 is 31.3. The standard InChI is InChI=1S/C19H22N2O4S/c1-4-14-9-7-8-13(2)18(14)20-19(22)17-12-21(26(3,23)24)15-10-5-6-11-16(15)25-17/h5-11,17H,4,12H2,1-3H3,(H,20,22)/t17-/m0/s1. The molecule has 0 aliphatic carbocycles. The maximum absolute atomic E-state index is 12.8. The molecule has 1 amide bonds. The maximum atomic E-state index is 12.8. The highest BCUT2D eigenvalue weighted by molar-refractivity contribution is 7.92. The molecule has 1 aliphatic rings. The van der Waals surface area contributed by atoms with E-state index in [0.717, 1.165) is 29.5 Å². The van der Waals surface area contributed by atoms with Gasteiger partial charge in [0, 0.05) is 5.69 Å². The van der Waals surface area contributed by atoms with E-state index in [9.17, 15) is 13.2 Å².